The second kappa shape index (κ2) is 7.68. The van der Waals surface area contributed by atoms with E-state index in [1.54, 1.807) is 7.11 Å². The van der Waals surface area contributed by atoms with Gasteiger partial charge in [0.1, 0.15) is 5.75 Å². The Hall–Kier alpha value is -2.18. The fraction of sp³-hybridized carbons (Fsp3) is 0.545. The first-order chi connectivity index (χ1) is 13.5. The smallest absolute Gasteiger partial charge is 0.224 e. The predicted molar refractivity (Wildman–Crippen MR) is 109 cm³/mol. The summed E-state index contributed by atoms with van der Waals surface area (Å²) in [6, 6.07) is 7.99. The molecule has 2 aromatic rings. The third-order valence-electron chi connectivity index (χ3n) is 6.36. The molecule has 4 rings (SSSR count). The number of methoxy groups -OCH3 is 1. The Morgan fingerprint density at radius 3 is 2.25 bits per heavy atom. The molecular formula is C22H30N4O2. The summed E-state index contributed by atoms with van der Waals surface area (Å²) in [7, 11) is 5.56. The van der Waals surface area contributed by atoms with Gasteiger partial charge in [0.05, 0.1) is 12.7 Å². The van der Waals surface area contributed by atoms with Crippen LogP contribution in [0.25, 0.3) is 0 Å². The minimum Gasteiger partial charge on any atom is -0.497 e. The van der Waals surface area contributed by atoms with Crippen molar-refractivity contribution in [2.45, 2.75) is 31.4 Å². The maximum Gasteiger partial charge on any atom is 0.224 e. The molecule has 2 fully saturated rings. The van der Waals surface area contributed by atoms with Crippen molar-refractivity contribution < 1.29 is 9.84 Å². The zero-order chi connectivity index (χ0) is 19.7. The summed E-state index contributed by atoms with van der Waals surface area (Å²) in [6.07, 6.45) is 7.16. The highest BCUT2D eigenvalue weighted by Crippen LogP contribution is 2.49. The standard InChI is InChI=1S/C22H30N4O2/c1-25(2)21-23-11-16(12-24-21)13-26-14-18-5-4-6-19(15-26)22(18,27)17-7-9-20(28-3)10-8-17/h7-12,18-19,27H,4-6,13-15H2,1-3H3/t18-,19-/m0/s1. The quantitative estimate of drug-likeness (QED) is 0.858. The van der Waals surface area contributed by atoms with Crippen LogP contribution in [0.4, 0.5) is 5.95 Å². The topological polar surface area (TPSA) is 61.7 Å². The van der Waals surface area contributed by atoms with Crippen molar-refractivity contribution in [2.24, 2.45) is 11.8 Å². The molecule has 1 saturated carbocycles. The van der Waals surface area contributed by atoms with Gasteiger partial charge in [0, 0.05) is 63.5 Å². The molecule has 6 heteroatoms. The molecule has 1 aliphatic carbocycles. The van der Waals surface area contributed by atoms with Gasteiger partial charge in [-0.2, -0.15) is 0 Å². The Balaban J connectivity index is 1.51. The summed E-state index contributed by atoms with van der Waals surface area (Å²) >= 11 is 0. The van der Waals surface area contributed by atoms with E-state index < -0.39 is 5.60 Å². The number of anilines is 1. The highest BCUT2D eigenvalue weighted by molar-refractivity contribution is 5.33. The third kappa shape index (κ3) is 3.47. The fourth-order valence-electron chi connectivity index (χ4n) is 4.92. The van der Waals surface area contributed by atoms with Gasteiger partial charge in [0.25, 0.3) is 0 Å². The molecule has 1 aromatic carbocycles. The fourth-order valence-corrected chi connectivity index (χ4v) is 4.92. The molecule has 0 radical (unpaired) electrons. The Labute approximate surface area is 167 Å². The molecule has 2 bridgehead atoms. The van der Waals surface area contributed by atoms with Crippen LogP contribution >= 0.6 is 0 Å². The van der Waals surface area contributed by atoms with Gasteiger partial charge in [-0.05, 0) is 30.5 Å². The number of aliphatic hydroxyl groups is 1. The van der Waals surface area contributed by atoms with Crippen LogP contribution in [0.5, 0.6) is 5.75 Å². The maximum absolute atomic E-state index is 11.8. The number of ether oxygens (including phenoxy) is 1. The lowest BCUT2D eigenvalue weighted by Gasteiger charge is -2.53. The molecule has 1 aromatic heterocycles. The van der Waals surface area contributed by atoms with Crippen molar-refractivity contribution in [1.29, 1.82) is 0 Å². The molecule has 0 unspecified atom stereocenters. The van der Waals surface area contributed by atoms with E-state index >= 15 is 0 Å². The van der Waals surface area contributed by atoms with Crippen molar-refractivity contribution in [2.75, 3.05) is 39.2 Å². The van der Waals surface area contributed by atoms with Gasteiger partial charge in [-0.3, -0.25) is 4.90 Å². The summed E-state index contributed by atoms with van der Waals surface area (Å²) in [5.74, 6) is 2.05. The van der Waals surface area contributed by atoms with Gasteiger partial charge in [-0.1, -0.05) is 18.6 Å². The number of likely N-dealkylation sites (tertiary alicyclic amines) is 1. The average Bonchev–Trinajstić information content (AvgIpc) is 2.69. The van der Waals surface area contributed by atoms with Crippen LogP contribution < -0.4 is 9.64 Å². The first-order valence-electron chi connectivity index (χ1n) is 10.1. The number of hydrogen-bond acceptors (Lipinski definition) is 6. The van der Waals surface area contributed by atoms with E-state index in [-0.39, 0.29) is 11.8 Å². The molecule has 2 heterocycles. The van der Waals surface area contributed by atoms with Crippen molar-refractivity contribution in [1.82, 2.24) is 14.9 Å². The van der Waals surface area contributed by atoms with E-state index in [1.807, 2.05) is 55.7 Å². The normalized spacial score (nSPS) is 27.4. The van der Waals surface area contributed by atoms with Gasteiger partial charge in [-0.25, -0.2) is 9.97 Å². The largest absolute Gasteiger partial charge is 0.497 e. The average molecular weight is 383 g/mol. The van der Waals surface area contributed by atoms with Crippen LogP contribution in [0.3, 0.4) is 0 Å². The van der Waals surface area contributed by atoms with E-state index in [0.717, 1.165) is 55.3 Å². The molecule has 1 N–H and O–H groups in total. The van der Waals surface area contributed by atoms with E-state index in [0.29, 0.717) is 0 Å². The van der Waals surface area contributed by atoms with Gasteiger partial charge in [0.15, 0.2) is 0 Å². The van der Waals surface area contributed by atoms with Crippen molar-refractivity contribution in [3.63, 3.8) is 0 Å². The van der Waals surface area contributed by atoms with Crippen molar-refractivity contribution in [3.05, 3.63) is 47.8 Å². The van der Waals surface area contributed by atoms with Gasteiger partial charge in [-0.15, -0.1) is 0 Å². The van der Waals surface area contributed by atoms with E-state index in [1.165, 1.54) is 6.42 Å². The van der Waals surface area contributed by atoms with Gasteiger partial charge >= 0.3 is 0 Å². The van der Waals surface area contributed by atoms with E-state index in [2.05, 4.69) is 14.9 Å². The number of piperidine rings is 1. The molecule has 0 spiro atoms. The summed E-state index contributed by atoms with van der Waals surface area (Å²) in [6.45, 7) is 2.63. The lowest BCUT2D eigenvalue weighted by molar-refractivity contribution is -0.148. The molecule has 2 aliphatic rings. The molecule has 28 heavy (non-hydrogen) atoms. The minimum absolute atomic E-state index is 0.246. The van der Waals surface area contributed by atoms with Crippen LogP contribution in [0, 0.1) is 11.8 Å². The second-order valence-corrected chi connectivity index (χ2v) is 8.36. The number of nitrogens with zero attached hydrogens (tertiary/aromatic N) is 4. The van der Waals surface area contributed by atoms with Crippen LogP contribution in [-0.2, 0) is 12.1 Å². The lowest BCUT2D eigenvalue weighted by Crippen LogP contribution is -2.57. The predicted octanol–water partition coefficient (Wildman–Crippen LogP) is 2.67. The molecule has 2 atom stereocenters. The van der Waals surface area contributed by atoms with E-state index in [4.69, 9.17) is 4.74 Å². The molecule has 6 nitrogen and oxygen atoms in total. The SMILES string of the molecule is COc1ccc(C2(O)[C@H]3CCC[C@H]2CN(Cc2cnc(N(C)C)nc2)C3)cc1. The number of hydrogen-bond donors (Lipinski definition) is 1. The second-order valence-electron chi connectivity index (χ2n) is 8.36. The van der Waals surface area contributed by atoms with Crippen LogP contribution in [0.2, 0.25) is 0 Å². The molecule has 1 saturated heterocycles. The van der Waals surface area contributed by atoms with E-state index in [9.17, 15) is 5.11 Å². The van der Waals surface area contributed by atoms with Crippen LogP contribution in [0.15, 0.2) is 36.7 Å². The Kier molecular flexibility index (Phi) is 5.25. The highest BCUT2D eigenvalue weighted by Gasteiger charge is 2.51. The summed E-state index contributed by atoms with van der Waals surface area (Å²) in [5, 5.41) is 11.8. The molecule has 1 aliphatic heterocycles. The molecular weight excluding hydrogens is 352 g/mol. The number of benzene rings is 1. The zero-order valence-corrected chi connectivity index (χ0v) is 17.0. The minimum atomic E-state index is -0.744. The van der Waals surface area contributed by atoms with Crippen molar-refractivity contribution >= 4 is 5.95 Å². The lowest BCUT2D eigenvalue weighted by atomic mass is 9.62. The van der Waals surface area contributed by atoms with Crippen LogP contribution in [-0.4, -0.2) is 54.3 Å². The Bertz CT molecular complexity index is 777. The Morgan fingerprint density at radius 1 is 1.11 bits per heavy atom. The van der Waals surface area contributed by atoms with Gasteiger partial charge in [0.2, 0.25) is 5.95 Å². The van der Waals surface area contributed by atoms with Crippen molar-refractivity contribution in [3.8, 4) is 5.75 Å². The summed E-state index contributed by atoms with van der Waals surface area (Å²) < 4.78 is 5.29. The summed E-state index contributed by atoms with van der Waals surface area (Å²) in [5.41, 5.74) is 1.41. The molecule has 150 valence electrons. The Morgan fingerprint density at radius 2 is 1.71 bits per heavy atom. The first-order valence-corrected chi connectivity index (χ1v) is 10.1. The number of rotatable bonds is 5. The first kappa shape index (κ1) is 19.2. The molecule has 0 amide bonds. The monoisotopic (exact) mass is 382 g/mol. The summed E-state index contributed by atoms with van der Waals surface area (Å²) in [4.78, 5) is 13.2. The van der Waals surface area contributed by atoms with Crippen LogP contribution in [0.1, 0.15) is 30.4 Å². The highest BCUT2D eigenvalue weighted by atomic mass is 16.5. The number of fused-ring (bicyclic) bond motifs is 2. The zero-order valence-electron chi connectivity index (χ0n) is 17.0. The van der Waals surface area contributed by atoms with Gasteiger partial charge < -0.3 is 14.7 Å². The number of aromatic nitrogens is 2. The maximum atomic E-state index is 11.8. The third-order valence-corrected chi connectivity index (χ3v) is 6.36.